The summed E-state index contributed by atoms with van der Waals surface area (Å²) in [5, 5.41) is 17.6. The lowest BCUT2D eigenvalue weighted by Gasteiger charge is -2.03. The van der Waals surface area contributed by atoms with Crippen molar-refractivity contribution in [3.63, 3.8) is 0 Å². The minimum Gasteiger partial charge on any atom is -0.502 e. The van der Waals surface area contributed by atoms with Gasteiger partial charge in [0.1, 0.15) is 10.7 Å². The average molecular weight is 340 g/mol. The van der Waals surface area contributed by atoms with Crippen LogP contribution in [-0.4, -0.2) is 30.4 Å². The van der Waals surface area contributed by atoms with Crippen LogP contribution < -0.4 is 0 Å². The molecule has 0 bridgehead atoms. The summed E-state index contributed by atoms with van der Waals surface area (Å²) in [6, 6.07) is 4.89. The number of hydrogen-bond donors (Lipinski definition) is 2. The first-order valence-corrected chi connectivity index (χ1v) is 7.48. The van der Waals surface area contributed by atoms with Crippen molar-refractivity contribution < 1.29 is 37.0 Å². The zero-order valence-corrected chi connectivity index (χ0v) is 12.1. The maximum Gasteiger partial charge on any atom is 0.371 e. The van der Waals surface area contributed by atoms with Gasteiger partial charge in [-0.05, 0) is 30.3 Å². The second-order valence-corrected chi connectivity index (χ2v) is 6.19. The van der Waals surface area contributed by atoms with Gasteiger partial charge in [-0.3, -0.25) is 4.79 Å². The Hall–Kier alpha value is -2.94. The third-order valence-electron chi connectivity index (χ3n) is 2.75. The van der Waals surface area contributed by atoms with E-state index in [-0.39, 0.29) is 4.90 Å². The largest absolute Gasteiger partial charge is 0.502 e. The van der Waals surface area contributed by atoms with Crippen LogP contribution >= 0.6 is 0 Å². The number of aliphatic hydroxyl groups excluding tert-OH is 1. The lowest BCUT2D eigenvalue weighted by molar-refractivity contribution is -0.135. The number of allylic oxidation sites excluding steroid dienone is 1. The zero-order chi connectivity index (χ0) is 17.2. The fraction of sp³-hybridized carbons (Fsp3) is 0. The Balaban J connectivity index is 2.49. The summed E-state index contributed by atoms with van der Waals surface area (Å²) in [5.41, 5.74) is 0. The molecule has 2 rings (SSSR count). The van der Waals surface area contributed by atoms with E-state index in [1.165, 1.54) is 0 Å². The average Bonchev–Trinajstić information content (AvgIpc) is 2.97. The molecule has 7 nitrogen and oxygen atoms in total. The number of halogens is 1. The number of aliphatic carboxylic acids is 1. The number of aliphatic hydroxyl groups is 1. The highest BCUT2D eigenvalue weighted by Crippen LogP contribution is 2.26. The van der Waals surface area contributed by atoms with Crippen LogP contribution in [0.1, 0.15) is 10.6 Å². The number of carbonyl (C=O) groups excluding carboxylic acids is 1. The van der Waals surface area contributed by atoms with Gasteiger partial charge in [0.15, 0.2) is 5.76 Å². The maximum atomic E-state index is 12.9. The molecule has 0 saturated heterocycles. The summed E-state index contributed by atoms with van der Waals surface area (Å²) in [5.74, 6) is -5.47. The molecule has 23 heavy (non-hydrogen) atoms. The highest BCUT2D eigenvalue weighted by atomic mass is 32.2. The number of carboxylic acid groups (broad SMARTS) is 1. The fourth-order valence-electron chi connectivity index (χ4n) is 1.68. The van der Waals surface area contributed by atoms with Crippen LogP contribution in [-0.2, 0) is 14.6 Å². The summed E-state index contributed by atoms with van der Waals surface area (Å²) in [6.45, 7) is 0. The second-order valence-electron chi connectivity index (χ2n) is 4.27. The summed E-state index contributed by atoms with van der Waals surface area (Å²) in [4.78, 5) is 21.5. The Bertz CT molecular complexity index is 891. The van der Waals surface area contributed by atoms with Gasteiger partial charge in [-0.1, -0.05) is 0 Å². The Morgan fingerprint density at radius 3 is 2.26 bits per heavy atom. The van der Waals surface area contributed by atoms with E-state index in [0.717, 1.165) is 36.6 Å². The van der Waals surface area contributed by atoms with Crippen LogP contribution in [0.3, 0.4) is 0 Å². The lowest BCUT2D eigenvalue weighted by Crippen LogP contribution is -2.08. The fourth-order valence-corrected chi connectivity index (χ4v) is 3.06. The first kappa shape index (κ1) is 16.4. The van der Waals surface area contributed by atoms with Crippen molar-refractivity contribution in [2.75, 3.05) is 0 Å². The number of carboxylic acids is 1. The Morgan fingerprint density at radius 2 is 1.70 bits per heavy atom. The van der Waals surface area contributed by atoms with Crippen molar-refractivity contribution in [1.82, 2.24) is 0 Å². The number of sulfone groups is 1. The molecule has 0 fully saturated rings. The Kier molecular flexibility index (Phi) is 4.32. The summed E-state index contributed by atoms with van der Waals surface area (Å²) >= 11 is 0. The molecule has 0 aliphatic carbocycles. The number of benzene rings is 1. The maximum absolute atomic E-state index is 12.9. The van der Waals surface area contributed by atoms with E-state index >= 15 is 0 Å². The van der Waals surface area contributed by atoms with E-state index in [1.807, 2.05) is 0 Å². The Labute approximate surface area is 129 Å². The molecule has 9 heteroatoms. The number of rotatable bonds is 5. The first-order chi connectivity index (χ1) is 10.7. The molecular weight excluding hydrogens is 331 g/mol. The minimum absolute atomic E-state index is 0.277. The molecule has 0 radical (unpaired) electrons. The standard InChI is InChI=1S/C14H9FO7S/c15-8-1-3-9(4-2-8)23(20,21)12-5-6-22-13(12)10(16)7-11(17)14(18)19/h1-7,17H,(H,18,19)/b11-7-. The normalized spacial score (nSPS) is 12.1. The van der Waals surface area contributed by atoms with Crippen molar-refractivity contribution in [2.45, 2.75) is 9.79 Å². The molecule has 1 aromatic carbocycles. The third kappa shape index (κ3) is 3.29. The minimum atomic E-state index is -4.18. The predicted molar refractivity (Wildman–Crippen MR) is 73.2 cm³/mol. The molecule has 0 unspecified atom stereocenters. The number of hydrogen-bond acceptors (Lipinski definition) is 6. The molecule has 0 aliphatic rings. The lowest BCUT2D eigenvalue weighted by atomic mass is 10.2. The van der Waals surface area contributed by atoms with Crippen LogP contribution in [0.15, 0.2) is 62.6 Å². The monoisotopic (exact) mass is 340 g/mol. The van der Waals surface area contributed by atoms with Crippen molar-refractivity contribution in [1.29, 1.82) is 0 Å². The van der Waals surface area contributed by atoms with Crippen LogP contribution in [0.4, 0.5) is 4.39 Å². The first-order valence-electron chi connectivity index (χ1n) is 6.00. The predicted octanol–water partition coefficient (Wildman–Crippen LogP) is 1.96. The van der Waals surface area contributed by atoms with E-state index in [4.69, 9.17) is 14.6 Å². The van der Waals surface area contributed by atoms with Gasteiger partial charge in [-0.2, -0.15) is 0 Å². The van der Waals surface area contributed by atoms with Gasteiger partial charge < -0.3 is 14.6 Å². The van der Waals surface area contributed by atoms with Crippen molar-refractivity contribution >= 4 is 21.6 Å². The number of furan rings is 1. The van der Waals surface area contributed by atoms with E-state index < -0.39 is 43.8 Å². The van der Waals surface area contributed by atoms with Gasteiger partial charge in [-0.25, -0.2) is 17.6 Å². The molecule has 1 aromatic heterocycles. The molecule has 0 aliphatic heterocycles. The van der Waals surface area contributed by atoms with E-state index in [1.54, 1.807) is 0 Å². The van der Waals surface area contributed by atoms with E-state index in [2.05, 4.69) is 0 Å². The van der Waals surface area contributed by atoms with Crippen molar-refractivity contribution in [2.24, 2.45) is 0 Å². The molecule has 0 spiro atoms. The van der Waals surface area contributed by atoms with Crippen LogP contribution in [0.5, 0.6) is 0 Å². The molecular formula is C14H9FO7S. The SMILES string of the molecule is O=C(O)/C(O)=C/C(=O)c1occc1S(=O)(=O)c1ccc(F)cc1. The number of ketones is 1. The molecule has 120 valence electrons. The molecule has 0 saturated carbocycles. The van der Waals surface area contributed by atoms with Crippen molar-refractivity contribution in [3.8, 4) is 0 Å². The third-order valence-corrected chi connectivity index (χ3v) is 4.55. The zero-order valence-electron chi connectivity index (χ0n) is 11.3. The molecule has 0 amide bonds. The summed E-state index contributed by atoms with van der Waals surface area (Å²) in [7, 11) is -4.18. The molecule has 2 aromatic rings. The topological polar surface area (TPSA) is 122 Å². The summed E-state index contributed by atoms with van der Waals surface area (Å²) in [6.07, 6.45) is 1.25. The Morgan fingerprint density at radius 1 is 1.09 bits per heavy atom. The van der Waals surface area contributed by atoms with Gasteiger partial charge >= 0.3 is 5.97 Å². The van der Waals surface area contributed by atoms with Crippen molar-refractivity contribution in [3.05, 3.63) is 60.0 Å². The van der Waals surface area contributed by atoms with Gasteiger partial charge in [0, 0.05) is 6.08 Å². The van der Waals surface area contributed by atoms with E-state index in [9.17, 15) is 22.4 Å². The van der Waals surface area contributed by atoms with Gasteiger partial charge in [-0.15, -0.1) is 0 Å². The summed E-state index contributed by atoms with van der Waals surface area (Å²) < 4.78 is 42.5. The van der Waals surface area contributed by atoms with Crippen LogP contribution in [0, 0.1) is 5.82 Å². The van der Waals surface area contributed by atoms with Gasteiger partial charge in [0.05, 0.1) is 11.2 Å². The highest BCUT2D eigenvalue weighted by molar-refractivity contribution is 7.91. The van der Waals surface area contributed by atoms with Gasteiger partial charge in [0.25, 0.3) is 0 Å². The van der Waals surface area contributed by atoms with Crippen LogP contribution in [0.2, 0.25) is 0 Å². The quantitative estimate of drug-likeness (QED) is 0.369. The van der Waals surface area contributed by atoms with Crippen LogP contribution in [0.25, 0.3) is 0 Å². The number of carbonyl (C=O) groups is 2. The second kappa shape index (κ2) is 6.05. The highest BCUT2D eigenvalue weighted by Gasteiger charge is 2.27. The smallest absolute Gasteiger partial charge is 0.371 e. The molecule has 2 N–H and O–H groups in total. The van der Waals surface area contributed by atoms with E-state index in [0.29, 0.717) is 6.08 Å². The molecule has 1 heterocycles. The van der Waals surface area contributed by atoms with Gasteiger partial charge in [0.2, 0.25) is 21.4 Å². The molecule has 0 atom stereocenters.